The Morgan fingerprint density at radius 1 is 1.23 bits per heavy atom. The summed E-state index contributed by atoms with van der Waals surface area (Å²) in [6.45, 7) is 2.41. The average Bonchev–Trinajstić information content (AvgIpc) is 2.90. The van der Waals surface area contributed by atoms with Crippen molar-refractivity contribution < 1.29 is 9.90 Å². The second kappa shape index (κ2) is 7.84. The topological polar surface area (TPSA) is 79.5 Å². The van der Waals surface area contributed by atoms with Gasteiger partial charge in [-0.2, -0.15) is 10.2 Å². The molecule has 0 aliphatic carbocycles. The Labute approximate surface area is 155 Å². The van der Waals surface area contributed by atoms with E-state index in [4.69, 9.17) is 11.6 Å². The summed E-state index contributed by atoms with van der Waals surface area (Å²) in [5.74, 6) is -1.02. The SMILES string of the molecule is Cc1nn(Cc2ccccc2)c(Cl)c1/C=N/Nc1ccccc1C(=O)O. The number of halogens is 1. The molecule has 132 valence electrons. The van der Waals surface area contributed by atoms with Gasteiger partial charge in [0, 0.05) is 0 Å². The second-order valence-electron chi connectivity index (χ2n) is 5.65. The van der Waals surface area contributed by atoms with Crippen LogP contribution in [0.5, 0.6) is 0 Å². The maximum Gasteiger partial charge on any atom is 0.337 e. The molecule has 0 aliphatic heterocycles. The first-order valence-corrected chi connectivity index (χ1v) is 8.32. The predicted molar refractivity (Wildman–Crippen MR) is 102 cm³/mol. The van der Waals surface area contributed by atoms with Crippen LogP contribution in [0.25, 0.3) is 0 Å². The molecule has 26 heavy (non-hydrogen) atoms. The quantitative estimate of drug-likeness (QED) is 0.508. The van der Waals surface area contributed by atoms with E-state index in [0.29, 0.717) is 22.9 Å². The summed E-state index contributed by atoms with van der Waals surface area (Å²) in [5.41, 5.74) is 5.81. The summed E-state index contributed by atoms with van der Waals surface area (Å²) in [7, 11) is 0. The van der Waals surface area contributed by atoms with Crippen LogP contribution in [0.4, 0.5) is 5.69 Å². The van der Waals surface area contributed by atoms with Crippen LogP contribution >= 0.6 is 11.6 Å². The molecule has 0 radical (unpaired) electrons. The number of hydrogen-bond acceptors (Lipinski definition) is 4. The first-order valence-electron chi connectivity index (χ1n) is 7.94. The van der Waals surface area contributed by atoms with E-state index in [0.717, 1.165) is 11.3 Å². The van der Waals surface area contributed by atoms with Crippen molar-refractivity contribution in [1.82, 2.24) is 9.78 Å². The van der Waals surface area contributed by atoms with Gasteiger partial charge in [-0.25, -0.2) is 9.48 Å². The number of carboxylic acid groups (broad SMARTS) is 1. The lowest BCUT2D eigenvalue weighted by Gasteiger charge is -2.04. The fourth-order valence-electron chi connectivity index (χ4n) is 2.51. The van der Waals surface area contributed by atoms with Crippen molar-refractivity contribution in [2.24, 2.45) is 5.10 Å². The molecule has 0 atom stereocenters. The largest absolute Gasteiger partial charge is 0.478 e. The van der Waals surface area contributed by atoms with Crippen LogP contribution in [0, 0.1) is 6.92 Å². The number of carbonyl (C=O) groups is 1. The van der Waals surface area contributed by atoms with Gasteiger partial charge in [0.1, 0.15) is 5.15 Å². The summed E-state index contributed by atoms with van der Waals surface area (Å²) in [5, 5.41) is 18.2. The number of aromatic nitrogens is 2. The molecule has 0 saturated heterocycles. The molecule has 0 fully saturated rings. The highest BCUT2D eigenvalue weighted by Crippen LogP contribution is 2.20. The zero-order valence-corrected chi connectivity index (χ0v) is 14.8. The van der Waals surface area contributed by atoms with Crippen molar-refractivity contribution in [2.75, 3.05) is 5.43 Å². The third-order valence-electron chi connectivity index (χ3n) is 3.82. The van der Waals surface area contributed by atoms with Crippen molar-refractivity contribution in [3.63, 3.8) is 0 Å². The fraction of sp³-hybridized carbons (Fsp3) is 0.105. The lowest BCUT2D eigenvalue weighted by atomic mass is 10.2. The third kappa shape index (κ3) is 3.92. The van der Waals surface area contributed by atoms with Crippen LogP contribution in [-0.4, -0.2) is 27.1 Å². The second-order valence-corrected chi connectivity index (χ2v) is 6.01. The molecule has 0 bridgehead atoms. The highest BCUT2D eigenvalue weighted by atomic mass is 35.5. The van der Waals surface area contributed by atoms with Gasteiger partial charge in [0.2, 0.25) is 0 Å². The Balaban J connectivity index is 1.78. The van der Waals surface area contributed by atoms with Crippen molar-refractivity contribution in [3.8, 4) is 0 Å². The summed E-state index contributed by atoms with van der Waals surface area (Å²) in [4.78, 5) is 11.2. The highest BCUT2D eigenvalue weighted by Gasteiger charge is 2.12. The Bertz CT molecular complexity index is 951. The van der Waals surface area contributed by atoms with Gasteiger partial charge in [0.25, 0.3) is 0 Å². The van der Waals surface area contributed by atoms with Crippen molar-refractivity contribution in [2.45, 2.75) is 13.5 Å². The van der Waals surface area contributed by atoms with Gasteiger partial charge in [-0.3, -0.25) is 5.43 Å². The number of carboxylic acids is 1. The molecule has 0 unspecified atom stereocenters. The Morgan fingerprint density at radius 2 is 1.92 bits per heavy atom. The van der Waals surface area contributed by atoms with E-state index in [1.165, 1.54) is 6.07 Å². The highest BCUT2D eigenvalue weighted by molar-refractivity contribution is 6.32. The molecule has 3 rings (SSSR count). The first kappa shape index (κ1) is 17.7. The van der Waals surface area contributed by atoms with Crippen molar-refractivity contribution >= 4 is 29.5 Å². The standard InChI is InChI=1S/C19H17ClN4O2/c1-13-16(11-21-22-17-10-6-5-9-15(17)19(25)26)18(20)24(23-13)12-14-7-3-2-4-8-14/h2-11,22H,12H2,1H3,(H,25,26)/b21-11+. The number of benzene rings is 2. The van der Waals surface area contributed by atoms with E-state index in [1.807, 2.05) is 37.3 Å². The summed E-state index contributed by atoms with van der Waals surface area (Å²) >= 11 is 6.43. The Hall–Kier alpha value is -3.12. The Kier molecular flexibility index (Phi) is 5.34. The molecule has 1 heterocycles. The number of hydrogen-bond donors (Lipinski definition) is 2. The summed E-state index contributed by atoms with van der Waals surface area (Å²) in [6, 6.07) is 16.4. The number of aromatic carboxylic acids is 1. The molecule has 7 heteroatoms. The van der Waals surface area contributed by atoms with Crippen molar-refractivity contribution in [1.29, 1.82) is 0 Å². The van der Waals surface area contributed by atoms with Crippen LogP contribution in [0.15, 0.2) is 59.7 Å². The first-order chi connectivity index (χ1) is 12.6. The maximum absolute atomic E-state index is 11.2. The number of aryl methyl sites for hydroxylation is 1. The maximum atomic E-state index is 11.2. The van der Waals surface area contributed by atoms with E-state index < -0.39 is 5.97 Å². The summed E-state index contributed by atoms with van der Waals surface area (Å²) < 4.78 is 1.71. The van der Waals surface area contributed by atoms with E-state index >= 15 is 0 Å². The van der Waals surface area contributed by atoms with E-state index in [2.05, 4.69) is 15.6 Å². The number of anilines is 1. The fourth-order valence-corrected chi connectivity index (χ4v) is 2.79. The minimum atomic E-state index is -1.02. The predicted octanol–water partition coefficient (Wildman–Crippen LogP) is 4.04. The van der Waals surface area contributed by atoms with Crippen LogP contribution in [0.1, 0.15) is 27.2 Å². The molecule has 1 aromatic heterocycles. The summed E-state index contributed by atoms with van der Waals surface area (Å²) in [6.07, 6.45) is 1.55. The molecule has 2 aromatic carbocycles. The molecular formula is C19H17ClN4O2. The van der Waals surface area contributed by atoms with Gasteiger partial charge in [-0.1, -0.05) is 54.1 Å². The molecule has 6 nitrogen and oxygen atoms in total. The molecular weight excluding hydrogens is 352 g/mol. The number of nitrogens with zero attached hydrogens (tertiary/aromatic N) is 3. The van der Waals surface area contributed by atoms with Gasteiger partial charge < -0.3 is 5.11 Å². The van der Waals surface area contributed by atoms with E-state index in [9.17, 15) is 9.90 Å². The minimum Gasteiger partial charge on any atom is -0.478 e. The van der Waals surface area contributed by atoms with Gasteiger partial charge in [0.05, 0.1) is 35.3 Å². The zero-order valence-electron chi connectivity index (χ0n) is 14.1. The van der Waals surface area contributed by atoms with Crippen LogP contribution in [-0.2, 0) is 6.54 Å². The molecule has 0 spiro atoms. The molecule has 0 amide bonds. The van der Waals surface area contributed by atoms with Crippen molar-refractivity contribution in [3.05, 3.63) is 82.1 Å². The molecule has 0 saturated carbocycles. The zero-order chi connectivity index (χ0) is 18.5. The minimum absolute atomic E-state index is 0.146. The molecule has 3 aromatic rings. The lowest BCUT2D eigenvalue weighted by Crippen LogP contribution is -2.02. The monoisotopic (exact) mass is 368 g/mol. The Morgan fingerprint density at radius 3 is 2.65 bits per heavy atom. The normalized spacial score (nSPS) is 11.0. The van der Waals surface area contributed by atoms with Gasteiger partial charge in [-0.05, 0) is 24.6 Å². The average molecular weight is 369 g/mol. The van der Waals surface area contributed by atoms with Crippen LogP contribution < -0.4 is 5.43 Å². The number of rotatable bonds is 6. The smallest absolute Gasteiger partial charge is 0.337 e. The number of hydrazone groups is 1. The third-order valence-corrected chi connectivity index (χ3v) is 4.22. The van der Waals surface area contributed by atoms with Crippen LogP contribution in [0.2, 0.25) is 5.15 Å². The van der Waals surface area contributed by atoms with Crippen LogP contribution in [0.3, 0.4) is 0 Å². The molecule has 2 N–H and O–H groups in total. The number of nitrogens with one attached hydrogen (secondary N) is 1. The number of para-hydroxylation sites is 1. The van der Waals surface area contributed by atoms with Gasteiger partial charge in [-0.15, -0.1) is 0 Å². The lowest BCUT2D eigenvalue weighted by molar-refractivity contribution is 0.0698. The van der Waals surface area contributed by atoms with E-state index in [-0.39, 0.29) is 5.56 Å². The van der Waals surface area contributed by atoms with E-state index in [1.54, 1.807) is 29.1 Å². The van der Waals surface area contributed by atoms with Gasteiger partial charge >= 0.3 is 5.97 Å². The molecule has 0 aliphatic rings. The van der Waals surface area contributed by atoms with Gasteiger partial charge in [0.15, 0.2) is 0 Å².